The summed E-state index contributed by atoms with van der Waals surface area (Å²) in [5.41, 5.74) is 1.04. The molecular formula is C33H40N10O7S2. The standard InChI is InChI=1S/C33H40N10O7S2/c44-29(35-30-21-42(37-49-30)40-10-14-47-15-11-40)20-39-19-28(27-7-4-18-51-27)52-23-26(33(39)46)34-25(9-8-24-5-2-1-3-6-24)32(45)36-31-22-43(38-50-31)41-12-16-48-17-13-41/h1-7,18,21-22,25-26,28,34H,8-17,19-20,23H2/t25-,26+,28+/m0/s1. The minimum absolute atomic E-state index is 0.0353. The number of carbonyl (C=O) groups is 1. The highest BCUT2D eigenvalue weighted by atomic mass is 32.2. The molecule has 7 rings (SSSR count). The third kappa shape index (κ3) is 9.26. The van der Waals surface area contributed by atoms with Crippen LogP contribution in [0.15, 0.2) is 79.3 Å². The number of nitrogens with zero attached hydrogens (tertiary/aromatic N) is 9. The van der Waals surface area contributed by atoms with Crippen molar-refractivity contribution in [3.63, 3.8) is 0 Å². The average molecular weight is 753 g/mol. The van der Waals surface area contributed by atoms with Gasteiger partial charge in [0.2, 0.25) is 16.4 Å². The lowest BCUT2D eigenvalue weighted by Gasteiger charge is -2.31. The van der Waals surface area contributed by atoms with Crippen LogP contribution in [-0.2, 0) is 20.7 Å². The molecule has 3 aliphatic rings. The predicted octanol–water partition coefficient (Wildman–Crippen LogP) is -1.01. The first-order valence-electron chi connectivity index (χ1n) is 17.2. The number of hydrogen-bond donors (Lipinski definition) is 1. The summed E-state index contributed by atoms with van der Waals surface area (Å²) in [6, 6.07) is 12.2. The monoisotopic (exact) mass is 752 g/mol. The normalized spacial score (nSPS) is 21.4. The number of aryl methyl sites for hydroxylation is 1. The van der Waals surface area contributed by atoms with E-state index in [1.54, 1.807) is 29.3 Å². The van der Waals surface area contributed by atoms with Gasteiger partial charge < -0.3 is 24.6 Å². The van der Waals surface area contributed by atoms with Crippen LogP contribution >= 0.6 is 23.1 Å². The first-order valence-corrected chi connectivity index (χ1v) is 19.1. The molecule has 1 amide bonds. The van der Waals surface area contributed by atoms with Crippen LogP contribution in [0, 0.1) is 0 Å². The molecule has 0 saturated carbocycles. The average Bonchev–Trinajstić information content (AvgIpc) is 3.97. The van der Waals surface area contributed by atoms with Crippen molar-refractivity contribution < 1.29 is 43.1 Å². The Bertz CT molecular complexity index is 1790. The Hall–Kier alpha value is -4.56. The van der Waals surface area contributed by atoms with Gasteiger partial charge >= 0.3 is 11.8 Å². The second-order valence-corrected chi connectivity index (χ2v) is 14.6. The quantitative estimate of drug-likeness (QED) is 0.0996. The Balaban J connectivity index is 1.10. The van der Waals surface area contributed by atoms with Crippen molar-refractivity contribution in [3.8, 4) is 0 Å². The molecule has 3 atom stereocenters. The van der Waals surface area contributed by atoms with Gasteiger partial charge in [-0.3, -0.25) is 19.2 Å². The van der Waals surface area contributed by atoms with Crippen LogP contribution in [0.2, 0.25) is 0 Å². The third-order valence-corrected chi connectivity index (χ3v) is 11.3. The predicted molar refractivity (Wildman–Crippen MR) is 187 cm³/mol. The number of thiophene rings is 1. The van der Waals surface area contributed by atoms with E-state index >= 15 is 0 Å². The van der Waals surface area contributed by atoms with E-state index < -0.39 is 23.9 Å². The van der Waals surface area contributed by atoms with E-state index in [4.69, 9.17) is 18.5 Å². The van der Waals surface area contributed by atoms with Crippen LogP contribution in [0.3, 0.4) is 0 Å². The zero-order valence-electron chi connectivity index (χ0n) is 28.4. The summed E-state index contributed by atoms with van der Waals surface area (Å²) in [5, 5.41) is 44.3. The largest absolute Gasteiger partial charge is 0.861 e. The molecule has 4 aromatic rings. The van der Waals surface area contributed by atoms with Crippen LogP contribution in [0.1, 0.15) is 22.1 Å². The fraction of sp³-hybridized carbons (Fsp3) is 0.485. The van der Waals surface area contributed by atoms with Gasteiger partial charge in [-0.25, -0.2) is 9.98 Å². The second kappa shape index (κ2) is 17.3. The Morgan fingerprint density at radius 3 is 2.21 bits per heavy atom. The van der Waals surface area contributed by atoms with E-state index in [1.165, 1.54) is 20.7 Å². The number of rotatable bonds is 13. The number of hydrogen-bond acceptors (Lipinski definition) is 16. The summed E-state index contributed by atoms with van der Waals surface area (Å²) >= 11 is 3.20. The van der Waals surface area contributed by atoms with Crippen molar-refractivity contribution in [1.82, 2.24) is 20.8 Å². The summed E-state index contributed by atoms with van der Waals surface area (Å²) in [7, 11) is 0. The van der Waals surface area contributed by atoms with E-state index in [9.17, 15) is 15.0 Å². The minimum atomic E-state index is -0.831. The first kappa shape index (κ1) is 35.8. The van der Waals surface area contributed by atoms with Gasteiger partial charge in [-0.2, -0.15) is 0 Å². The molecule has 17 nitrogen and oxygen atoms in total. The molecule has 3 aromatic heterocycles. The van der Waals surface area contributed by atoms with Crippen molar-refractivity contribution >= 4 is 52.6 Å². The maximum absolute atomic E-state index is 14.2. The third-order valence-electron chi connectivity index (χ3n) is 8.81. The topological polar surface area (TPSA) is 188 Å². The molecule has 0 radical (unpaired) electrons. The van der Waals surface area contributed by atoms with Crippen LogP contribution in [0.25, 0.3) is 0 Å². The molecule has 1 aromatic carbocycles. The Kier molecular flexibility index (Phi) is 11.9. The van der Waals surface area contributed by atoms with Gasteiger partial charge in [-0.1, -0.05) is 36.4 Å². The molecule has 276 valence electrons. The molecule has 3 saturated heterocycles. The van der Waals surface area contributed by atoms with E-state index in [-0.39, 0.29) is 29.5 Å². The Labute approximate surface area is 308 Å². The van der Waals surface area contributed by atoms with Crippen molar-refractivity contribution in [2.24, 2.45) is 9.98 Å². The van der Waals surface area contributed by atoms with Gasteiger partial charge in [0.25, 0.3) is 12.4 Å². The summed E-state index contributed by atoms with van der Waals surface area (Å²) in [5.74, 6) is -0.890. The van der Waals surface area contributed by atoms with E-state index in [0.29, 0.717) is 77.7 Å². The summed E-state index contributed by atoms with van der Waals surface area (Å²) in [6.45, 7) is 4.75. The van der Waals surface area contributed by atoms with Crippen LogP contribution in [-0.4, -0.2) is 117 Å². The van der Waals surface area contributed by atoms with Gasteiger partial charge in [0.15, 0.2) is 0 Å². The molecule has 0 spiro atoms. The zero-order chi connectivity index (χ0) is 35.7. The molecule has 6 heterocycles. The molecule has 52 heavy (non-hydrogen) atoms. The molecule has 3 fully saturated rings. The second-order valence-electron chi connectivity index (χ2n) is 12.4. The smallest absolute Gasteiger partial charge is 0.324 e. The molecular weight excluding hydrogens is 713 g/mol. The van der Waals surface area contributed by atoms with Crippen LogP contribution in [0.5, 0.6) is 0 Å². The first-order chi connectivity index (χ1) is 25.5. The lowest BCUT2D eigenvalue weighted by molar-refractivity contribution is -0.760. The summed E-state index contributed by atoms with van der Waals surface area (Å²) in [4.78, 5) is 28.3. The maximum atomic E-state index is 14.2. The van der Waals surface area contributed by atoms with Crippen molar-refractivity contribution in [2.75, 3.05) is 81.5 Å². The SMILES string of the molecule is O=C1[C@H](N[C@@H](CCc2ccccc2)/C([O-])=N/c2c[n+](N3CCOCC3)no2)CS[C@@H](c2cccs2)CN1C/C([O-])=N/c1c[n+](N2CCOCC2)no1. The van der Waals surface area contributed by atoms with Gasteiger partial charge in [-0.15, -0.1) is 33.1 Å². The van der Waals surface area contributed by atoms with Crippen molar-refractivity contribution in [1.29, 1.82) is 0 Å². The zero-order valence-corrected chi connectivity index (χ0v) is 30.0. The van der Waals surface area contributed by atoms with E-state index in [2.05, 4.69) is 25.8 Å². The van der Waals surface area contributed by atoms with E-state index in [0.717, 1.165) is 10.4 Å². The van der Waals surface area contributed by atoms with Crippen molar-refractivity contribution in [2.45, 2.75) is 30.2 Å². The molecule has 19 heteroatoms. The number of aliphatic imine (C=N–C) groups is 2. The minimum Gasteiger partial charge on any atom is -0.861 e. The van der Waals surface area contributed by atoms with E-state index in [1.807, 2.05) is 57.9 Å². The molecule has 0 aliphatic carbocycles. The summed E-state index contributed by atoms with van der Waals surface area (Å²) < 4.78 is 21.5. The fourth-order valence-electron chi connectivity index (χ4n) is 6.08. The molecule has 1 N–H and O–H groups in total. The van der Waals surface area contributed by atoms with Gasteiger partial charge in [-0.05, 0) is 41.6 Å². The lowest BCUT2D eigenvalue weighted by Crippen LogP contribution is -2.62. The summed E-state index contributed by atoms with van der Waals surface area (Å²) in [6.07, 6.45) is 4.03. The van der Waals surface area contributed by atoms with Gasteiger partial charge in [0.1, 0.15) is 0 Å². The fourth-order valence-corrected chi connectivity index (χ4v) is 8.34. The molecule has 3 aliphatic heterocycles. The highest BCUT2D eigenvalue weighted by molar-refractivity contribution is 7.99. The Morgan fingerprint density at radius 1 is 0.923 bits per heavy atom. The highest BCUT2D eigenvalue weighted by Crippen LogP contribution is 2.35. The Morgan fingerprint density at radius 2 is 1.58 bits per heavy atom. The number of amides is 1. The van der Waals surface area contributed by atoms with Crippen molar-refractivity contribution in [3.05, 3.63) is 70.7 Å². The number of morpholine rings is 2. The number of carbonyl (C=O) groups excluding carboxylic acids is 1. The van der Waals surface area contributed by atoms with Crippen LogP contribution < -0.4 is 35.1 Å². The van der Waals surface area contributed by atoms with Crippen LogP contribution in [0.4, 0.5) is 11.8 Å². The van der Waals surface area contributed by atoms with Gasteiger partial charge in [0, 0.05) is 29.8 Å². The lowest BCUT2D eigenvalue weighted by atomic mass is 10.0. The molecule has 0 bridgehead atoms. The molecule has 0 unspecified atom stereocenters. The number of thioether (sulfide) groups is 1. The number of ether oxygens (including phenoxy) is 2. The number of aromatic nitrogens is 4. The highest BCUT2D eigenvalue weighted by Gasteiger charge is 2.34. The maximum Gasteiger partial charge on any atom is 0.324 e. The number of benzene rings is 1. The van der Waals surface area contributed by atoms with Gasteiger partial charge in [0.05, 0.1) is 73.5 Å². The number of nitrogens with one attached hydrogen (secondary N) is 1.